The number of alkyl carbamates (subject to hydrolysis) is 1. The Balaban J connectivity index is 2.38. The largest absolute Gasteiger partial charge is 0.477 e. The Labute approximate surface area is 115 Å². The van der Waals surface area contributed by atoms with Crippen LogP contribution >= 0.6 is 0 Å². The highest BCUT2D eigenvalue weighted by molar-refractivity contribution is 6.21. The summed E-state index contributed by atoms with van der Waals surface area (Å²) >= 11 is 0. The molecule has 0 bridgehead atoms. The van der Waals surface area contributed by atoms with E-state index in [-0.39, 0.29) is 12.5 Å². The van der Waals surface area contributed by atoms with E-state index in [1.807, 2.05) is 0 Å². The van der Waals surface area contributed by atoms with E-state index in [2.05, 4.69) is 15.8 Å². The van der Waals surface area contributed by atoms with Crippen LogP contribution in [0.5, 0.6) is 0 Å². The van der Waals surface area contributed by atoms with E-state index in [1.165, 1.54) is 0 Å². The molecule has 2 atom stereocenters. The van der Waals surface area contributed by atoms with E-state index in [1.54, 1.807) is 20.8 Å². The molecule has 1 saturated heterocycles. The van der Waals surface area contributed by atoms with E-state index >= 15 is 0 Å². The molecule has 0 unspecified atom stereocenters. The Kier molecular flexibility index (Phi) is 4.89. The van der Waals surface area contributed by atoms with Crippen LogP contribution in [0.25, 0.3) is 0 Å². The van der Waals surface area contributed by atoms with Gasteiger partial charge in [0, 0.05) is 0 Å². The summed E-state index contributed by atoms with van der Waals surface area (Å²) in [6, 6.07) is -1.27. The number of oxime groups is 1. The van der Waals surface area contributed by atoms with Crippen LogP contribution in [-0.4, -0.2) is 53.6 Å². The Bertz CT molecular complexity index is 428. The summed E-state index contributed by atoms with van der Waals surface area (Å²) in [5.74, 6) is -1.61. The fourth-order valence-electron chi connectivity index (χ4n) is 1.39. The molecule has 0 saturated carbocycles. The zero-order chi connectivity index (χ0) is 15.3. The Morgan fingerprint density at radius 1 is 1.50 bits per heavy atom. The van der Waals surface area contributed by atoms with Crippen LogP contribution in [0.3, 0.4) is 0 Å². The number of nitrogens with zero attached hydrogens (tertiary/aromatic N) is 1. The first kappa shape index (κ1) is 15.7. The molecule has 112 valence electrons. The third-order valence-electron chi connectivity index (χ3n) is 2.18. The zero-order valence-electron chi connectivity index (χ0n) is 11.4. The van der Waals surface area contributed by atoms with Crippen molar-refractivity contribution in [2.45, 2.75) is 38.5 Å². The van der Waals surface area contributed by atoms with Crippen LogP contribution < -0.4 is 10.6 Å². The Hall–Kier alpha value is -2.32. The van der Waals surface area contributed by atoms with Crippen molar-refractivity contribution >= 4 is 24.2 Å². The molecule has 20 heavy (non-hydrogen) atoms. The molecule has 0 aliphatic carbocycles. The predicted molar refractivity (Wildman–Crippen MR) is 67.2 cm³/mol. The topological polar surface area (TPSA) is 126 Å². The van der Waals surface area contributed by atoms with Crippen LogP contribution in [0.1, 0.15) is 20.8 Å². The Morgan fingerprint density at radius 3 is 2.65 bits per heavy atom. The van der Waals surface area contributed by atoms with Crippen molar-refractivity contribution < 1.29 is 29.1 Å². The Morgan fingerprint density at radius 2 is 2.15 bits per heavy atom. The SMILES string of the molecule is CC(C)(C)OC(=O)N[C@@H]1C(=O)N[C@@H]1CON=CC(=O)O. The molecule has 0 aromatic rings. The second-order valence-electron chi connectivity index (χ2n) is 5.11. The second kappa shape index (κ2) is 6.22. The van der Waals surface area contributed by atoms with Crippen molar-refractivity contribution in [3.05, 3.63) is 0 Å². The van der Waals surface area contributed by atoms with Gasteiger partial charge in [-0.15, -0.1) is 0 Å². The van der Waals surface area contributed by atoms with Gasteiger partial charge in [-0.25, -0.2) is 9.59 Å². The number of aliphatic carboxylic acids is 1. The zero-order valence-corrected chi connectivity index (χ0v) is 11.4. The summed E-state index contributed by atoms with van der Waals surface area (Å²) < 4.78 is 5.02. The van der Waals surface area contributed by atoms with Gasteiger partial charge in [0.15, 0.2) is 6.21 Å². The lowest BCUT2D eigenvalue weighted by Gasteiger charge is -2.36. The van der Waals surface area contributed by atoms with Gasteiger partial charge < -0.3 is 25.3 Å². The molecule has 1 heterocycles. The van der Waals surface area contributed by atoms with Crippen molar-refractivity contribution in [1.29, 1.82) is 0 Å². The number of hydrogen-bond donors (Lipinski definition) is 3. The molecule has 2 amide bonds. The van der Waals surface area contributed by atoms with E-state index < -0.39 is 29.7 Å². The van der Waals surface area contributed by atoms with Gasteiger partial charge in [0.1, 0.15) is 18.2 Å². The average Bonchev–Trinajstić information content (AvgIpc) is 2.27. The number of carbonyl (C=O) groups is 3. The first-order chi connectivity index (χ1) is 9.19. The minimum atomic E-state index is -1.24. The molecule has 1 aliphatic heterocycles. The van der Waals surface area contributed by atoms with Gasteiger partial charge in [-0.1, -0.05) is 5.16 Å². The van der Waals surface area contributed by atoms with Gasteiger partial charge in [-0.3, -0.25) is 4.79 Å². The smallest absolute Gasteiger partial charge is 0.408 e. The van der Waals surface area contributed by atoms with Crippen LogP contribution in [0.2, 0.25) is 0 Å². The highest BCUT2D eigenvalue weighted by atomic mass is 16.6. The van der Waals surface area contributed by atoms with Crippen LogP contribution in [-0.2, 0) is 19.2 Å². The summed E-state index contributed by atoms with van der Waals surface area (Å²) in [6.07, 6.45) is -0.132. The van der Waals surface area contributed by atoms with E-state index in [0.717, 1.165) is 0 Å². The lowest BCUT2D eigenvalue weighted by atomic mass is 10.0. The standard InChI is InChI=1S/C11H17N3O6/c1-11(2,3)20-10(18)14-8-6(13-9(8)17)5-19-12-4-7(15)16/h4,6,8H,5H2,1-3H3,(H,13,17)(H,14,18)(H,15,16)/t6-,8+/m1/s1. The van der Waals surface area contributed by atoms with Crippen molar-refractivity contribution in [3.8, 4) is 0 Å². The quantitative estimate of drug-likeness (QED) is 0.354. The van der Waals surface area contributed by atoms with E-state index in [4.69, 9.17) is 14.7 Å². The number of amides is 2. The van der Waals surface area contributed by atoms with Crippen LogP contribution in [0.15, 0.2) is 5.16 Å². The second-order valence-corrected chi connectivity index (χ2v) is 5.11. The fraction of sp³-hybridized carbons (Fsp3) is 0.636. The molecular weight excluding hydrogens is 270 g/mol. The number of ether oxygens (including phenoxy) is 1. The van der Waals surface area contributed by atoms with Crippen molar-refractivity contribution in [1.82, 2.24) is 10.6 Å². The lowest BCUT2D eigenvalue weighted by Crippen LogP contribution is -2.70. The number of carbonyl (C=O) groups excluding carboxylic acids is 2. The van der Waals surface area contributed by atoms with Crippen molar-refractivity contribution in [2.75, 3.05) is 6.61 Å². The molecule has 1 rings (SSSR count). The highest BCUT2D eigenvalue weighted by Crippen LogP contribution is 2.10. The molecule has 1 fully saturated rings. The third-order valence-corrected chi connectivity index (χ3v) is 2.18. The summed E-state index contributed by atoms with van der Waals surface area (Å²) in [5.41, 5.74) is -0.665. The van der Waals surface area contributed by atoms with E-state index in [0.29, 0.717) is 6.21 Å². The maximum atomic E-state index is 11.5. The summed E-state index contributed by atoms with van der Waals surface area (Å²) in [5, 5.41) is 16.4. The third kappa shape index (κ3) is 5.12. The minimum absolute atomic E-state index is 0.0595. The summed E-state index contributed by atoms with van der Waals surface area (Å²) in [7, 11) is 0. The van der Waals surface area contributed by atoms with Crippen molar-refractivity contribution in [2.24, 2.45) is 5.16 Å². The number of rotatable bonds is 5. The van der Waals surface area contributed by atoms with Gasteiger partial charge in [-0.2, -0.15) is 0 Å². The van der Waals surface area contributed by atoms with Gasteiger partial charge in [0.2, 0.25) is 5.91 Å². The molecule has 0 spiro atoms. The minimum Gasteiger partial charge on any atom is -0.477 e. The van der Waals surface area contributed by atoms with E-state index in [9.17, 15) is 14.4 Å². The lowest BCUT2D eigenvalue weighted by molar-refractivity contribution is -0.134. The van der Waals surface area contributed by atoms with Gasteiger partial charge in [0.05, 0.1) is 6.04 Å². The van der Waals surface area contributed by atoms with Gasteiger partial charge in [0.25, 0.3) is 0 Å². The molecule has 0 aromatic heterocycles. The number of carboxylic acids is 1. The number of carboxylic acid groups (broad SMARTS) is 1. The molecule has 1 aliphatic rings. The molecule has 0 aromatic carbocycles. The molecule has 9 nitrogen and oxygen atoms in total. The number of nitrogens with one attached hydrogen (secondary N) is 2. The maximum Gasteiger partial charge on any atom is 0.408 e. The maximum absolute atomic E-state index is 11.5. The summed E-state index contributed by atoms with van der Waals surface area (Å²) in [4.78, 5) is 37.7. The summed E-state index contributed by atoms with van der Waals surface area (Å²) in [6.45, 7) is 5.05. The monoisotopic (exact) mass is 287 g/mol. The predicted octanol–water partition coefficient (Wildman–Crippen LogP) is -0.535. The molecule has 0 radical (unpaired) electrons. The normalized spacial score (nSPS) is 21.9. The van der Waals surface area contributed by atoms with Gasteiger partial charge >= 0.3 is 12.1 Å². The van der Waals surface area contributed by atoms with Crippen molar-refractivity contribution in [3.63, 3.8) is 0 Å². The number of β-lactam (4-membered cyclic amide) rings is 1. The van der Waals surface area contributed by atoms with Crippen LogP contribution in [0, 0.1) is 0 Å². The number of hydrogen-bond acceptors (Lipinski definition) is 6. The first-order valence-corrected chi connectivity index (χ1v) is 5.87. The van der Waals surface area contributed by atoms with Gasteiger partial charge in [-0.05, 0) is 20.8 Å². The molecule has 9 heteroatoms. The fourth-order valence-corrected chi connectivity index (χ4v) is 1.39. The average molecular weight is 287 g/mol. The first-order valence-electron chi connectivity index (χ1n) is 5.87. The highest BCUT2D eigenvalue weighted by Gasteiger charge is 2.41. The molecule has 3 N–H and O–H groups in total. The molecular formula is C11H17N3O6. The van der Waals surface area contributed by atoms with Crippen LogP contribution in [0.4, 0.5) is 4.79 Å².